The molecule has 0 aromatic heterocycles. The summed E-state index contributed by atoms with van der Waals surface area (Å²) in [5.41, 5.74) is 0. The Morgan fingerprint density at radius 1 is 1.00 bits per heavy atom. The largest absolute Gasteiger partial charge is 0.0843 e. The second-order valence-corrected chi connectivity index (χ2v) is 1.73. The molecule has 1 rings (SSSR count). The Hall–Kier alpha value is 0.393. The Morgan fingerprint density at radius 2 is 1.50 bits per heavy atom. The minimum Gasteiger partial charge on any atom is -0.0843 e. The minimum absolute atomic E-state index is 0. The summed E-state index contributed by atoms with van der Waals surface area (Å²) in [4.78, 5) is 0. The molecule has 40 valence electrons. The topological polar surface area (TPSA) is 0 Å². The Bertz CT molecular complexity index is 138. The van der Waals surface area contributed by atoms with Crippen molar-refractivity contribution < 1.29 is 26.2 Å². The van der Waals surface area contributed by atoms with Crippen LogP contribution in [-0.4, -0.2) is 0 Å². The van der Waals surface area contributed by atoms with Gasteiger partial charge in [0.05, 0.1) is 0 Å². The number of hydrogen-bond donors (Lipinski definition) is 0. The summed E-state index contributed by atoms with van der Waals surface area (Å²) in [5.74, 6) is 0. The predicted molar refractivity (Wildman–Crippen MR) is 31.5 cm³/mol. The summed E-state index contributed by atoms with van der Waals surface area (Å²) in [6, 6.07) is 9.44. The molecule has 2 heteroatoms. The van der Waals surface area contributed by atoms with E-state index in [0.717, 1.165) is 5.02 Å². The molecule has 0 aliphatic rings. The van der Waals surface area contributed by atoms with E-state index >= 15 is 0 Å². The molecule has 0 heterocycles. The minimum atomic E-state index is 0. The number of rotatable bonds is 0. The summed E-state index contributed by atoms with van der Waals surface area (Å²) in [6.07, 6.45) is 0. The van der Waals surface area contributed by atoms with E-state index in [1.807, 2.05) is 30.3 Å². The van der Waals surface area contributed by atoms with Crippen LogP contribution in [0.4, 0.5) is 0 Å². The molecular weight excluding hydrogens is 199 g/mol. The zero-order chi connectivity index (χ0) is 5.11. The summed E-state index contributed by atoms with van der Waals surface area (Å²) in [7, 11) is 0. The Kier molecular flexibility index (Phi) is 4.50. The standard InChI is InChI=1S/C6H5Cl.Zr/c7-6-4-2-1-3-5-6;/h1-5H;. The van der Waals surface area contributed by atoms with E-state index in [4.69, 9.17) is 11.6 Å². The van der Waals surface area contributed by atoms with Gasteiger partial charge in [0.15, 0.2) is 0 Å². The molecule has 1 aromatic carbocycles. The van der Waals surface area contributed by atoms with E-state index < -0.39 is 0 Å². The third-order valence-electron chi connectivity index (χ3n) is 0.733. The molecule has 0 saturated heterocycles. The van der Waals surface area contributed by atoms with Gasteiger partial charge >= 0.3 is 0 Å². The fraction of sp³-hybridized carbons (Fsp3) is 0. The second-order valence-electron chi connectivity index (χ2n) is 1.30. The van der Waals surface area contributed by atoms with Crippen molar-refractivity contribution in [2.45, 2.75) is 0 Å². The van der Waals surface area contributed by atoms with Crippen molar-refractivity contribution in [3.05, 3.63) is 35.4 Å². The van der Waals surface area contributed by atoms with Crippen LogP contribution in [0.25, 0.3) is 0 Å². The van der Waals surface area contributed by atoms with Crippen molar-refractivity contribution in [3.63, 3.8) is 0 Å². The molecule has 0 amide bonds. The molecule has 0 radical (unpaired) electrons. The van der Waals surface area contributed by atoms with Crippen molar-refractivity contribution in [3.8, 4) is 0 Å². The van der Waals surface area contributed by atoms with Gasteiger partial charge in [-0.3, -0.25) is 0 Å². The van der Waals surface area contributed by atoms with Gasteiger partial charge in [0.2, 0.25) is 0 Å². The molecular formula is C6H5ClZr. The van der Waals surface area contributed by atoms with Crippen molar-refractivity contribution in [2.24, 2.45) is 0 Å². The molecule has 0 aliphatic heterocycles. The maximum atomic E-state index is 5.54. The molecule has 0 atom stereocenters. The molecule has 0 bridgehead atoms. The summed E-state index contributed by atoms with van der Waals surface area (Å²) >= 11 is 5.54. The number of halogens is 1. The predicted octanol–water partition coefficient (Wildman–Crippen LogP) is 2.34. The van der Waals surface area contributed by atoms with Crippen LogP contribution in [-0.2, 0) is 26.2 Å². The maximum absolute atomic E-state index is 5.54. The van der Waals surface area contributed by atoms with E-state index in [0.29, 0.717) is 0 Å². The van der Waals surface area contributed by atoms with E-state index in [1.165, 1.54) is 0 Å². The van der Waals surface area contributed by atoms with E-state index in [2.05, 4.69) is 0 Å². The first-order valence-electron chi connectivity index (χ1n) is 2.10. The fourth-order valence-electron chi connectivity index (χ4n) is 0.415. The van der Waals surface area contributed by atoms with Crippen LogP contribution in [0, 0.1) is 0 Å². The smallest absolute Gasteiger partial charge is 0.0405 e. The average molecular weight is 204 g/mol. The van der Waals surface area contributed by atoms with Crippen LogP contribution < -0.4 is 0 Å². The van der Waals surface area contributed by atoms with Crippen LogP contribution in [0.15, 0.2) is 30.3 Å². The first kappa shape index (κ1) is 8.39. The van der Waals surface area contributed by atoms with Gasteiger partial charge in [0.1, 0.15) is 0 Å². The monoisotopic (exact) mass is 202 g/mol. The summed E-state index contributed by atoms with van der Waals surface area (Å²) < 4.78 is 0. The van der Waals surface area contributed by atoms with E-state index in [1.54, 1.807) is 0 Å². The zero-order valence-electron chi connectivity index (χ0n) is 4.26. The van der Waals surface area contributed by atoms with Crippen LogP contribution in [0.2, 0.25) is 5.02 Å². The van der Waals surface area contributed by atoms with Crippen molar-refractivity contribution in [2.75, 3.05) is 0 Å². The van der Waals surface area contributed by atoms with E-state index in [9.17, 15) is 0 Å². The molecule has 0 fully saturated rings. The van der Waals surface area contributed by atoms with Gasteiger partial charge in [0.25, 0.3) is 0 Å². The van der Waals surface area contributed by atoms with Gasteiger partial charge < -0.3 is 0 Å². The Labute approximate surface area is 73.0 Å². The molecule has 0 saturated carbocycles. The van der Waals surface area contributed by atoms with Gasteiger partial charge in [-0.05, 0) is 12.1 Å². The van der Waals surface area contributed by atoms with Crippen LogP contribution in [0.1, 0.15) is 0 Å². The second kappa shape index (κ2) is 4.29. The summed E-state index contributed by atoms with van der Waals surface area (Å²) in [6.45, 7) is 0. The molecule has 0 N–H and O–H groups in total. The van der Waals surface area contributed by atoms with Crippen molar-refractivity contribution in [1.29, 1.82) is 0 Å². The molecule has 0 nitrogen and oxygen atoms in total. The first-order chi connectivity index (χ1) is 3.39. The van der Waals surface area contributed by atoms with Crippen LogP contribution in [0.5, 0.6) is 0 Å². The summed E-state index contributed by atoms with van der Waals surface area (Å²) in [5, 5.41) is 0.794. The Balaban J connectivity index is 0.000000490. The molecule has 0 aliphatic carbocycles. The van der Waals surface area contributed by atoms with Gasteiger partial charge in [-0.1, -0.05) is 29.8 Å². The van der Waals surface area contributed by atoms with Gasteiger partial charge in [-0.2, -0.15) is 0 Å². The molecule has 8 heavy (non-hydrogen) atoms. The third kappa shape index (κ3) is 2.64. The molecule has 1 aromatic rings. The average Bonchev–Trinajstić information content (AvgIpc) is 1.69. The first-order valence-corrected chi connectivity index (χ1v) is 2.48. The van der Waals surface area contributed by atoms with E-state index in [-0.39, 0.29) is 26.2 Å². The third-order valence-corrected chi connectivity index (χ3v) is 0.985. The normalized spacial score (nSPS) is 7.62. The van der Waals surface area contributed by atoms with Crippen molar-refractivity contribution in [1.82, 2.24) is 0 Å². The fourth-order valence-corrected chi connectivity index (χ4v) is 0.560. The molecule has 0 spiro atoms. The van der Waals surface area contributed by atoms with Gasteiger partial charge in [-0.15, -0.1) is 0 Å². The number of benzene rings is 1. The molecule has 0 unspecified atom stereocenters. The quantitative estimate of drug-likeness (QED) is 0.608. The van der Waals surface area contributed by atoms with Crippen LogP contribution >= 0.6 is 11.6 Å². The zero-order valence-corrected chi connectivity index (χ0v) is 7.48. The Morgan fingerprint density at radius 3 is 1.75 bits per heavy atom. The number of hydrogen-bond acceptors (Lipinski definition) is 0. The maximum Gasteiger partial charge on any atom is 0.0405 e. The van der Waals surface area contributed by atoms with Crippen molar-refractivity contribution >= 4 is 11.6 Å². The van der Waals surface area contributed by atoms with Crippen LogP contribution in [0.3, 0.4) is 0 Å². The van der Waals surface area contributed by atoms with Gasteiger partial charge in [-0.25, -0.2) is 0 Å². The van der Waals surface area contributed by atoms with Gasteiger partial charge in [0, 0.05) is 31.2 Å². The SMILES string of the molecule is Clc1ccccc1.[Zr].